The first kappa shape index (κ1) is 25.9. The van der Waals surface area contributed by atoms with E-state index in [4.69, 9.17) is 4.74 Å². The summed E-state index contributed by atoms with van der Waals surface area (Å²) in [6.07, 6.45) is -2.70. The number of ether oxygens (including phenoxy) is 1. The highest BCUT2D eigenvalue weighted by Gasteiger charge is 2.39. The third kappa shape index (κ3) is 6.71. The predicted octanol–water partition coefficient (Wildman–Crippen LogP) is 4.61. The summed E-state index contributed by atoms with van der Waals surface area (Å²) in [5, 5.41) is 0.210. The van der Waals surface area contributed by atoms with Crippen LogP contribution in [-0.2, 0) is 17.5 Å². The highest BCUT2D eigenvalue weighted by Crippen LogP contribution is 2.36. The zero-order chi connectivity index (χ0) is 25.0. The highest BCUT2D eigenvalue weighted by atomic mass is 32.2. The van der Waals surface area contributed by atoms with E-state index < -0.39 is 11.7 Å². The van der Waals surface area contributed by atoms with Crippen LogP contribution in [0, 0.1) is 0 Å². The van der Waals surface area contributed by atoms with E-state index in [-0.39, 0.29) is 17.2 Å². The molecule has 4 rings (SSSR count). The molecule has 0 saturated carbocycles. The number of rotatable bonds is 6. The fourth-order valence-electron chi connectivity index (χ4n) is 4.74. The molecule has 35 heavy (non-hydrogen) atoms. The minimum absolute atomic E-state index is 0.130. The Hall–Kier alpha value is -2.23. The summed E-state index contributed by atoms with van der Waals surface area (Å²) in [5.74, 6) is 0.925. The zero-order valence-electron chi connectivity index (χ0n) is 20.1. The van der Waals surface area contributed by atoms with E-state index in [0.29, 0.717) is 26.1 Å². The molecule has 0 aliphatic carbocycles. The second-order valence-electron chi connectivity index (χ2n) is 9.27. The third-order valence-corrected chi connectivity index (χ3v) is 7.93. The van der Waals surface area contributed by atoms with Crippen molar-refractivity contribution in [1.29, 1.82) is 0 Å². The van der Waals surface area contributed by atoms with E-state index in [1.54, 1.807) is 18.9 Å². The molecule has 0 spiro atoms. The summed E-state index contributed by atoms with van der Waals surface area (Å²) < 4.78 is 44.2. The van der Waals surface area contributed by atoms with Gasteiger partial charge in [-0.25, -0.2) is 0 Å². The van der Waals surface area contributed by atoms with Crippen LogP contribution in [0.25, 0.3) is 0 Å². The number of methoxy groups -OCH3 is 1. The van der Waals surface area contributed by atoms with Gasteiger partial charge in [-0.15, -0.1) is 11.8 Å². The molecule has 2 fully saturated rings. The van der Waals surface area contributed by atoms with Crippen molar-refractivity contribution in [3.63, 3.8) is 0 Å². The average Bonchev–Trinajstić information content (AvgIpc) is 3.09. The van der Waals surface area contributed by atoms with Gasteiger partial charge in [0.05, 0.1) is 18.7 Å². The molecule has 2 aromatic carbocycles. The molecule has 5 nitrogen and oxygen atoms in total. The molecule has 2 heterocycles. The Bertz CT molecular complexity index is 985. The topological polar surface area (TPSA) is 36.0 Å². The van der Waals surface area contributed by atoms with E-state index >= 15 is 0 Å². The Labute approximate surface area is 209 Å². The van der Waals surface area contributed by atoms with Gasteiger partial charge in [0.15, 0.2) is 0 Å². The second kappa shape index (κ2) is 11.2. The molecule has 9 heteroatoms. The highest BCUT2D eigenvalue weighted by molar-refractivity contribution is 8.00. The number of likely N-dealkylation sites (N-methyl/N-ethyl adjacent to an activating group) is 1. The molecular weight excluding hydrogens is 475 g/mol. The Morgan fingerprint density at radius 2 is 1.74 bits per heavy atom. The van der Waals surface area contributed by atoms with Crippen molar-refractivity contribution in [3.05, 3.63) is 59.7 Å². The van der Waals surface area contributed by atoms with Crippen molar-refractivity contribution in [3.8, 4) is 5.75 Å². The van der Waals surface area contributed by atoms with Gasteiger partial charge >= 0.3 is 6.18 Å². The van der Waals surface area contributed by atoms with Gasteiger partial charge in [0.25, 0.3) is 0 Å². The largest absolute Gasteiger partial charge is 0.497 e. The van der Waals surface area contributed by atoms with Crippen LogP contribution in [0.2, 0.25) is 0 Å². The molecule has 1 amide bonds. The van der Waals surface area contributed by atoms with E-state index in [9.17, 15) is 18.0 Å². The number of hydrogen-bond acceptors (Lipinski definition) is 5. The Morgan fingerprint density at radius 1 is 1.03 bits per heavy atom. The minimum atomic E-state index is -4.36. The van der Waals surface area contributed by atoms with Gasteiger partial charge in [-0.2, -0.15) is 13.2 Å². The van der Waals surface area contributed by atoms with Crippen LogP contribution >= 0.6 is 11.8 Å². The van der Waals surface area contributed by atoms with Gasteiger partial charge in [0.1, 0.15) is 5.75 Å². The lowest BCUT2D eigenvalue weighted by Gasteiger charge is -2.29. The summed E-state index contributed by atoms with van der Waals surface area (Å²) in [6, 6.07) is 12.9. The number of alkyl halides is 3. The van der Waals surface area contributed by atoms with Gasteiger partial charge in [-0.3, -0.25) is 9.69 Å². The molecule has 0 aromatic heterocycles. The van der Waals surface area contributed by atoms with Crippen molar-refractivity contribution in [1.82, 2.24) is 14.7 Å². The summed E-state index contributed by atoms with van der Waals surface area (Å²) >= 11 is 1.74. The van der Waals surface area contributed by atoms with E-state index in [0.717, 1.165) is 54.4 Å². The van der Waals surface area contributed by atoms with Gasteiger partial charge in [0, 0.05) is 42.9 Å². The first-order chi connectivity index (χ1) is 16.7. The molecule has 0 unspecified atom stereocenters. The summed E-state index contributed by atoms with van der Waals surface area (Å²) in [7, 11) is 3.71. The van der Waals surface area contributed by atoms with Crippen LogP contribution in [0.4, 0.5) is 13.2 Å². The standard InChI is InChI=1S/C26H32F3N3O2S/c1-30-12-3-13-31(15-14-30)25(33)24-16-23(35-22-10-8-21(34-2)9-11-22)18-32(24)17-19-4-6-20(7-5-19)26(27,28)29/h4-11,23-24H,3,12-18H2,1-2H3/t23-,24+/m1/s1. The third-order valence-electron chi connectivity index (χ3n) is 6.71. The lowest BCUT2D eigenvalue weighted by molar-refractivity contribution is -0.137. The molecule has 2 atom stereocenters. The first-order valence-corrected chi connectivity index (χ1v) is 12.8. The number of carbonyl (C=O) groups is 1. The second-order valence-corrected chi connectivity index (χ2v) is 10.6. The first-order valence-electron chi connectivity index (χ1n) is 11.9. The SMILES string of the molecule is COc1ccc(S[C@@H]2C[C@@H](C(=O)N3CCCN(C)CC3)N(Cc3ccc(C(F)(F)F)cc3)C2)cc1. The minimum Gasteiger partial charge on any atom is -0.497 e. The van der Waals surface area contributed by atoms with Crippen LogP contribution in [0.15, 0.2) is 53.4 Å². The van der Waals surface area contributed by atoms with E-state index in [2.05, 4.69) is 16.8 Å². The molecule has 2 saturated heterocycles. The molecule has 0 N–H and O–H groups in total. The Morgan fingerprint density at radius 3 is 2.40 bits per heavy atom. The lowest BCUT2D eigenvalue weighted by atomic mass is 10.1. The van der Waals surface area contributed by atoms with Crippen molar-refractivity contribution >= 4 is 17.7 Å². The van der Waals surface area contributed by atoms with Crippen LogP contribution < -0.4 is 4.74 Å². The summed E-state index contributed by atoms with van der Waals surface area (Å²) in [4.78, 5) is 21.1. The quantitative estimate of drug-likeness (QED) is 0.571. The molecule has 190 valence electrons. The van der Waals surface area contributed by atoms with Crippen molar-refractivity contribution in [2.45, 2.75) is 41.7 Å². The number of benzene rings is 2. The molecule has 0 radical (unpaired) electrons. The van der Waals surface area contributed by atoms with Crippen molar-refractivity contribution in [2.24, 2.45) is 0 Å². The van der Waals surface area contributed by atoms with Crippen molar-refractivity contribution in [2.75, 3.05) is 46.9 Å². The fraction of sp³-hybridized carbons (Fsp3) is 0.500. The maximum absolute atomic E-state index is 13.6. The summed E-state index contributed by atoms with van der Waals surface area (Å²) in [5.41, 5.74) is 0.124. The van der Waals surface area contributed by atoms with Crippen molar-refractivity contribution < 1.29 is 22.7 Å². The number of halogens is 3. The van der Waals surface area contributed by atoms with Crippen LogP contribution in [-0.4, -0.2) is 78.8 Å². The fourth-order valence-corrected chi connectivity index (χ4v) is 5.96. The normalized spacial score (nSPS) is 22.3. The van der Waals surface area contributed by atoms with Gasteiger partial charge in [-0.1, -0.05) is 12.1 Å². The van der Waals surface area contributed by atoms with Crippen LogP contribution in [0.5, 0.6) is 5.75 Å². The number of likely N-dealkylation sites (tertiary alicyclic amines) is 1. The van der Waals surface area contributed by atoms with E-state index in [1.807, 2.05) is 29.2 Å². The molecule has 2 aliphatic rings. The maximum Gasteiger partial charge on any atom is 0.416 e. The number of amides is 1. The molecule has 2 aromatic rings. The van der Waals surface area contributed by atoms with Gasteiger partial charge in [-0.05, 0) is 68.4 Å². The Kier molecular flexibility index (Phi) is 8.29. The maximum atomic E-state index is 13.6. The van der Waals surface area contributed by atoms with Gasteiger partial charge in [0.2, 0.25) is 5.91 Å². The van der Waals surface area contributed by atoms with Gasteiger partial charge < -0.3 is 14.5 Å². The average molecular weight is 508 g/mol. The van der Waals surface area contributed by atoms with E-state index in [1.165, 1.54) is 12.1 Å². The Balaban J connectivity index is 1.49. The molecule has 0 bridgehead atoms. The number of hydrogen-bond donors (Lipinski definition) is 0. The monoisotopic (exact) mass is 507 g/mol. The summed E-state index contributed by atoms with van der Waals surface area (Å²) in [6.45, 7) is 4.41. The number of carbonyl (C=O) groups excluding carboxylic acids is 1. The number of thioether (sulfide) groups is 1. The van der Waals surface area contributed by atoms with Crippen LogP contribution in [0.1, 0.15) is 24.0 Å². The smallest absolute Gasteiger partial charge is 0.416 e. The lowest BCUT2D eigenvalue weighted by Crippen LogP contribution is -2.46. The zero-order valence-corrected chi connectivity index (χ0v) is 20.9. The molecular formula is C26H32F3N3O2S. The van der Waals surface area contributed by atoms with Crippen LogP contribution in [0.3, 0.4) is 0 Å². The number of nitrogens with zero attached hydrogens (tertiary/aromatic N) is 3. The predicted molar refractivity (Wildman–Crippen MR) is 132 cm³/mol. The molecule has 2 aliphatic heterocycles.